The maximum absolute atomic E-state index is 13.2. The standard InChI is InChI=1S/C29H31O4P/c1-17-14-18(2)26(19(3)15-17)24-16-21-9-5-7-11-23(21)28-27-22-10-6-4-8-20(22)12-13-25(27)32-34(30,31)33-29(24)28/h12-16H,4-11H2,1-3H3,(H,30,31). The van der Waals surface area contributed by atoms with Gasteiger partial charge in [0, 0.05) is 16.7 Å². The van der Waals surface area contributed by atoms with Crippen molar-refractivity contribution in [1.82, 2.24) is 0 Å². The Morgan fingerprint density at radius 2 is 1.35 bits per heavy atom. The monoisotopic (exact) mass is 474 g/mol. The van der Waals surface area contributed by atoms with E-state index < -0.39 is 7.82 Å². The molecule has 1 atom stereocenters. The predicted molar refractivity (Wildman–Crippen MR) is 136 cm³/mol. The van der Waals surface area contributed by atoms with Gasteiger partial charge in [0.15, 0.2) is 0 Å². The Morgan fingerprint density at radius 3 is 2.06 bits per heavy atom. The van der Waals surface area contributed by atoms with E-state index in [1.165, 1.54) is 34.2 Å². The van der Waals surface area contributed by atoms with Crippen molar-refractivity contribution in [1.29, 1.82) is 0 Å². The fourth-order valence-electron chi connectivity index (χ4n) is 6.45. The van der Waals surface area contributed by atoms with Gasteiger partial charge in [0.05, 0.1) is 0 Å². The van der Waals surface area contributed by atoms with Crippen molar-refractivity contribution in [3.63, 3.8) is 0 Å². The highest BCUT2D eigenvalue weighted by atomic mass is 31.2. The highest BCUT2D eigenvalue weighted by Crippen LogP contribution is 2.60. The molecule has 2 aliphatic carbocycles. The fourth-order valence-corrected chi connectivity index (χ4v) is 7.31. The quantitative estimate of drug-likeness (QED) is 0.370. The summed E-state index contributed by atoms with van der Waals surface area (Å²) in [5.74, 6) is 0.992. The van der Waals surface area contributed by atoms with Crippen LogP contribution in [0.5, 0.6) is 11.5 Å². The van der Waals surface area contributed by atoms with Crippen LogP contribution in [0.2, 0.25) is 0 Å². The molecule has 176 valence electrons. The number of fused-ring (bicyclic) bond motifs is 7. The Labute approximate surface area is 201 Å². The molecule has 0 bridgehead atoms. The average Bonchev–Trinajstić information content (AvgIpc) is 2.91. The van der Waals surface area contributed by atoms with Crippen LogP contribution in [0.1, 0.15) is 64.6 Å². The van der Waals surface area contributed by atoms with Gasteiger partial charge in [-0.2, -0.15) is 0 Å². The summed E-state index contributed by atoms with van der Waals surface area (Å²) in [6.07, 6.45) is 8.53. The summed E-state index contributed by atoms with van der Waals surface area (Å²) < 4.78 is 25.0. The third kappa shape index (κ3) is 3.51. The lowest BCUT2D eigenvalue weighted by atomic mass is 9.78. The third-order valence-corrected chi connectivity index (χ3v) is 8.55. The molecule has 1 N–H and O–H groups in total. The van der Waals surface area contributed by atoms with E-state index >= 15 is 0 Å². The van der Waals surface area contributed by atoms with Crippen molar-refractivity contribution in [2.24, 2.45) is 0 Å². The SMILES string of the molecule is Cc1cc(C)c(-c2cc3c(c4c2OP(=O)(O)Oc2ccc5c(c2-4)CCCC5)CCCC3)c(C)c1. The number of benzene rings is 3. The zero-order chi connectivity index (χ0) is 23.6. The summed E-state index contributed by atoms with van der Waals surface area (Å²) in [6.45, 7) is 6.33. The maximum Gasteiger partial charge on any atom is 0.584 e. The molecule has 0 spiro atoms. The molecule has 3 aromatic carbocycles. The molecule has 3 aliphatic rings. The first-order valence-corrected chi connectivity index (χ1v) is 14.0. The van der Waals surface area contributed by atoms with Gasteiger partial charge < -0.3 is 9.05 Å². The minimum atomic E-state index is -4.35. The normalized spacial score (nSPS) is 20.7. The lowest BCUT2D eigenvalue weighted by Gasteiger charge is -2.27. The van der Waals surface area contributed by atoms with Crippen molar-refractivity contribution in [3.8, 4) is 33.8 Å². The van der Waals surface area contributed by atoms with Gasteiger partial charge in [-0.1, -0.05) is 23.8 Å². The highest BCUT2D eigenvalue weighted by molar-refractivity contribution is 7.48. The molecule has 1 heterocycles. The first-order chi connectivity index (χ1) is 16.3. The van der Waals surface area contributed by atoms with Crippen LogP contribution in [0, 0.1) is 20.8 Å². The molecule has 5 heteroatoms. The Kier molecular flexibility index (Phi) is 5.17. The number of hydrogen-bond donors (Lipinski definition) is 1. The van der Waals surface area contributed by atoms with E-state index in [2.05, 4.69) is 45.0 Å². The Bertz CT molecular complexity index is 1360. The molecule has 0 saturated carbocycles. The van der Waals surface area contributed by atoms with Gasteiger partial charge in [-0.25, -0.2) is 4.57 Å². The molecule has 34 heavy (non-hydrogen) atoms. The molecular weight excluding hydrogens is 443 g/mol. The van der Waals surface area contributed by atoms with E-state index in [4.69, 9.17) is 9.05 Å². The van der Waals surface area contributed by atoms with Crippen molar-refractivity contribution in [3.05, 3.63) is 69.3 Å². The highest BCUT2D eigenvalue weighted by Gasteiger charge is 2.38. The zero-order valence-electron chi connectivity index (χ0n) is 20.2. The first kappa shape index (κ1) is 21.9. The molecule has 0 saturated heterocycles. The second kappa shape index (κ2) is 8.00. The maximum atomic E-state index is 13.2. The van der Waals surface area contributed by atoms with Crippen molar-refractivity contribution >= 4 is 7.82 Å². The Balaban J connectivity index is 1.76. The lowest BCUT2D eigenvalue weighted by Crippen LogP contribution is -2.10. The smallest absolute Gasteiger partial charge is 0.395 e. The molecule has 1 aliphatic heterocycles. The topological polar surface area (TPSA) is 55.8 Å². The number of aryl methyl sites for hydroxylation is 5. The summed E-state index contributed by atoms with van der Waals surface area (Å²) in [4.78, 5) is 10.8. The molecule has 4 nitrogen and oxygen atoms in total. The van der Waals surface area contributed by atoms with Crippen LogP contribution in [0.15, 0.2) is 30.3 Å². The number of phosphoric acid groups is 1. The Hall–Kier alpha value is -2.55. The molecule has 0 aromatic heterocycles. The van der Waals surface area contributed by atoms with Crippen molar-refractivity contribution < 1.29 is 18.5 Å². The van der Waals surface area contributed by atoms with E-state index in [-0.39, 0.29) is 0 Å². The second-order valence-corrected chi connectivity index (χ2v) is 11.5. The van der Waals surface area contributed by atoms with E-state index in [0.717, 1.165) is 78.3 Å². The number of rotatable bonds is 1. The summed E-state index contributed by atoms with van der Waals surface area (Å²) >= 11 is 0. The largest absolute Gasteiger partial charge is 0.584 e. The number of hydrogen-bond acceptors (Lipinski definition) is 3. The number of phosphoric ester groups is 1. The van der Waals surface area contributed by atoms with Crippen LogP contribution in [0.4, 0.5) is 0 Å². The van der Waals surface area contributed by atoms with Crippen molar-refractivity contribution in [2.45, 2.75) is 72.1 Å². The minimum Gasteiger partial charge on any atom is -0.395 e. The molecule has 0 fully saturated rings. The molecule has 6 rings (SSSR count). The van der Waals surface area contributed by atoms with E-state index in [9.17, 15) is 9.46 Å². The van der Waals surface area contributed by atoms with Gasteiger partial charge in [0.25, 0.3) is 0 Å². The van der Waals surface area contributed by atoms with E-state index in [0.29, 0.717) is 11.5 Å². The van der Waals surface area contributed by atoms with Crippen LogP contribution in [-0.2, 0) is 30.2 Å². The summed E-state index contributed by atoms with van der Waals surface area (Å²) in [5.41, 5.74) is 12.7. The molecule has 3 aromatic rings. The minimum absolute atomic E-state index is 0.479. The molecule has 0 radical (unpaired) electrons. The molecule has 0 amide bonds. The van der Waals surface area contributed by atoms with Crippen LogP contribution in [-0.4, -0.2) is 4.89 Å². The fraction of sp³-hybridized carbons (Fsp3) is 0.379. The Morgan fingerprint density at radius 1 is 0.735 bits per heavy atom. The first-order valence-electron chi connectivity index (χ1n) is 12.5. The van der Waals surface area contributed by atoms with Crippen LogP contribution in [0.3, 0.4) is 0 Å². The van der Waals surface area contributed by atoms with Gasteiger partial charge in [-0.05, 0) is 123 Å². The third-order valence-electron chi connectivity index (χ3n) is 7.71. The summed E-state index contributed by atoms with van der Waals surface area (Å²) in [7, 11) is -4.35. The second-order valence-electron chi connectivity index (χ2n) is 10.2. The van der Waals surface area contributed by atoms with Gasteiger partial charge >= 0.3 is 7.82 Å². The summed E-state index contributed by atoms with van der Waals surface area (Å²) in [5, 5.41) is 0. The zero-order valence-corrected chi connectivity index (χ0v) is 21.1. The van der Waals surface area contributed by atoms with Gasteiger partial charge in [0.1, 0.15) is 11.5 Å². The average molecular weight is 475 g/mol. The van der Waals surface area contributed by atoms with E-state index in [1.807, 2.05) is 6.07 Å². The predicted octanol–water partition coefficient (Wildman–Crippen LogP) is 7.58. The van der Waals surface area contributed by atoms with Gasteiger partial charge in [-0.3, -0.25) is 4.89 Å². The van der Waals surface area contributed by atoms with Gasteiger partial charge in [0.2, 0.25) is 0 Å². The van der Waals surface area contributed by atoms with Crippen LogP contribution >= 0.6 is 7.82 Å². The van der Waals surface area contributed by atoms with E-state index in [1.54, 1.807) is 0 Å². The molecule has 1 unspecified atom stereocenters. The van der Waals surface area contributed by atoms with Crippen LogP contribution < -0.4 is 9.05 Å². The lowest BCUT2D eigenvalue weighted by molar-refractivity contribution is 0.294. The summed E-state index contributed by atoms with van der Waals surface area (Å²) in [6, 6.07) is 10.5. The van der Waals surface area contributed by atoms with Gasteiger partial charge in [-0.15, -0.1) is 0 Å². The van der Waals surface area contributed by atoms with Crippen LogP contribution in [0.25, 0.3) is 22.3 Å². The van der Waals surface area contributed by atoms with Crippen molar-refractivity contribution in [2.75, 3.05) is 0 Å². The molecular formula is C29H31O4P.